The van der Waals surface area contributed by atoms with Crippen LogP contribution in [-0.2, 0) is 19.9 Å². The molecule has 1 saturated heterocycles. The van der Waals surface area contributed by atoms with Gasteiger partial charge in [-0.05, 0) is 28.8 Å². The molecule has 3 aromatic carbocycles. The molecule has 6 rings (SSSR count). The molecule has 0 radical (unpaired) electrons. The average molecular weight is 616 g/mol. The van der Waals surface area contributed by atoms with Gasteiger partial charge in [0.15, 0.2) is 5.84 Å². The lowest BCUT2D eigenvalue weighted by molar-refractivity contribution is -0.115. The highest BCUT2D eigenvalue weighted by Gasteiger charge is 2.42. The Balaban J connectivity index is 1.31. The summed E-state index contributed by atoms with van der Waals surface area (Å²) in [6.45, 7) is 0.519. The molecule has 3 heterocycles. The van der Waals surface area contributed by atoms with Crippen molar-refractivity contribution in [1.82, 2.24) is 14.5 Å². The zero-order chi connectivity index (χ0) is 30.7. The first-order chi connectivity index (χ1) is 21.4. The maximum absolute atomic E-state index is 12.0. The zero-order valence-electron chi connectivity index (χ0n) is 24.5. The number of aliphatic imine (C=N–C) groups is 1. The highest BCUT2D eigenvalue weighted by Crippen LogP contribution is 2.42. The number of amides is 1. The van der Waals surface area contributed by atoms with Crippen molar-refractivity contribution in [2.75, 3.05) is 38.6 Å². The number of hydrogen-bond donors (Lipinski definition) is 2. The topological polar surface area (TPSA) is 110 Å². The van der Waals surface area contributed by atoms with Crippen LogP contribution in [0.15, 0.2) is 96.2 Å². The molecule has 2 aliphatic heterocycles. The van der Waals surface area contributed by atoms with Gasteiger partial charge in [0, 0.05) is 13.5 Å². The number of alkyl halides is 1. The standard InChI is InChI=1S/C33H34ClN5O5/c1-38-20-36-31-30(32(38)37-28(41)18-34)35-21-39(31)29-17-26(40)27(44-29)19-43-33(22-9-5-3-6-10-22,23-11-7-4-8-12-23)24-13-15-25(42-2)16-14-24/h3-16,21,26-27,29,36,40H,17-20H2,1-2H3/t26-,27+,29+/m0/s1. The number of nitrogens with one attached hydrogen (secondary N) is 1. The largest absolute Gasteiger partial charge is 0.497 e. The van der Waals surface area contributed by atoms with Crippen molar-refractivity contribution < 1.29 is 24.1 Å². The Morgan fingerprint density at radius 2 is 1.70 bits per heavy atom. The zero-order valence-corrected chi connectivity index (χ0v) is 25.2. The second-order valence-corrected chi connectivity index (χ2v) is 11.0. The number of aliphatic hydroxyl groups excluding tert-OH is 1. The monoisotopic (exact) mass is 615 g/mol. The minimum Gasteiger partial charge on any atom is -0.497 e. The van der Waals surface area contributed by atoms with Gasteiger partial charge in [-0.15, -0.1) is 11.6 Å². The molecule has 0 spiro atoms. The Morgan fingerprint density at radius 1 is 1.07 bits per heavy atom. The maximum atomic E-state index is 12.0. The number of aromatic nitrogens is 2. The molecule has 44 heavy (non-hydrogen) atoms. The highest BCUT2D eigenvalue weighted by atomic mass is 35.5. The van der Waals surface area contributed by atoms with E-state index in [1.165, 1.54) is 0 Å². The number of hydrogen-bond acceptors (Lipinski definition) is 7. The molecule has 10 nitrogen and oxygen atoms in total. The predicted molar refractivity (Wildman–Crippen MR) is 167 cm³/mol. The second-order valence-electron chi connectivity index (χ2n) is 10.7. The van der Waals surface area contributed by atoms with E-state index in [2.05, 4.69) is 15.3 Å². The van der Waals surface area contributed by atoms with Crippen molar-refractivity contribution in [2.45, 2.75) is 30.5 Å². The van der Waals surface area contributed by atoms with E-state index >= 15 is 0 Å². The highest BCUT2D eigenvalue weighted by molar-refractivity contribution is 6.28. The molecule has 3 atom stereocenters. The van der Waals surface area contributed by atoms with Crippen LogP contribution >= 0.6 is 11.6 Å². The van der Waals surface area contributed by atoms with Crippen molar-refractivity contribution in [3.8, 4) is 5.75 Å². The minimum atomic E-state index is -0.989. The van der Waals surface area contributed by atoms with E-state index in [-0.39, 0.29) is 12.5 Å². The van der Waals surface area contributed by atoms with Crippen LogP contribution in [0.5, 0.6) is 5.75 Å². The van der Waals surface area contributed by atoms with Crippen LogP contribution in [0.1, 0.15) is 35.0 Å². The van der Waals surface area contributed by atoms with Crippen LogP contribution in [0.3, 0.4) is 0 Å². The van der Waals surface area contributed by atoms with Crippen molar-refractivity contribution in [2.24, 2.45) is 4.99 Å². The molecular weight excluding hydrogens is 582 g/mol. The van der Waals surface area contributed by atoms with Crippen LogP contribution in [0, 0.1) is 0 Å². The number of aliphatic hydroxyl groups is 1. The first-order valence-electron chi connectivity index (χ1n) is 14.4. The second kappa shape index (κ2) is 12.8. The number of anilines is 1. The first-order valence-corrected chi connectivity index (χ1v) is 14.9. The minimum absolute atomic E-state index is 0.109. The maximum Gasteiger partial charge on any atom is 0.262 e. The normalized spacial score (nSPS) is 20.8. The first kappa shape index (κ1) is 29.8. The summed E-state index contributed by atoms with van der Waals surface area (Å²) in [6, 6.07) is 27.9. The van der Waals surface area contributed by atoms with E-state index in [4.69, 9.17) is 25.8 Å². The number of imidazole rings is 1. The van der Waals surface area contributed by atoms with Gasteiger partial charge in [-0.25, -0.2) is 4.98 Å². The van der Waals surface area contributed by atoms with E-state index in [9.17, 15) is 9.90 Å². The van der Waals surface area contributed by atoms with E-state index < -0.39 is 29.9 Å². The number of carbonyl (C=O) groups excluding carboxylic acids is 1. The van der Waals surface area contributed by atoms with Gasteiger partial charge in [0.05, 0.1) is 32.8 Å². The SMILES string of the molecule is COc1ccc(C(OC[C@H]2O[C@@H](n3cnc4c3NCN(C)C4=NC(=O)CCl)C[C@@H]2O)(c2ccccc2)c2ccccc2)cc1. The van der Waals surface area contributed by atoms with Crippen molar-refractivity contribution >= 4 is 29.2 Å². The van der Waals surface area contributed by atoms with Gasteiger partial charge in [0.2, 0.25) is 0 Å². The number of ether oxygens (including phenoxy) is 3. The predicted octanol–water partition coefficient (Wildman–Crippen LogP) is 4.38. The number of methoxy groups -OCH3 is 1. The van der Waals surface area contributed by atoms with Crippen LogP contribution in [0.4, 0.5) is 5.82 Å². The van der Waals surface area contributed by atoms with Gasteiger partial charge < -0.3 is 29.5 Å². The lowest BCUT2D eigenvalue weighted by Crippen LogP contribution is -2.39. The number of fused-ring (bicyclic) bond motifs is 1. The third kappa shape index (κ3) is 5.57. The van der Waals surface area contributed by atoms with Gasteiger partial charge in [0.25, 0.3) is 5.91 Å². The third-order valence-corrected chi connectivity index (χ3v) is 8.26. The average Bonchev–Trinajstić information content (AvgIpc) is 3.67. The van der Waals surface area contributed by atoms with E-state index in [0.717, 1.165) is 22.4 Å². The molecule has 4 aromatic rings. The summed E-state index contributed by atoms with van der Waals surface area (Å²) in [5.41, 5.74) is 2.32. The van der Waals surface area contributed by atoms with Crippen molar-refractivity contribution in [1.29, 1.82) is 0 Å². The Bertz CT molecular complexity index is 1570. The van der Waals surface area contributed by atoms with Crippen LogP contribution in [0.2, 0.25) is 0 Å². The summed E-state index contributed by atoms with van der Waals surface area (Å²) in [4.78, 5) is 22.4. The number of nitrogens with zero attached hydrogens (tertiary/aromatic N) is 4. The molecular formula is C33H34ClN5O5. The molecule has 228 valence electrons. The Labute approximate surface area is 260 Å². The molecule has 1 fully saturated rings. The smallest absolute Gasteiger partial charge is 0.262 e. The summed E-state index contributed by atoms with van der Waals surface area (Å²) in [5.74, 6) is 1.16. The van der Waals surface area contributed by atoms with Crippen LogP contribution in [-0.4, -0.2) is 76.8 Å². The fourth-order valence-electron chi connectivity index (χ4n) is 5.82. The van der Waals surface area contributed by atoms with Gasteiger partial charge in [-0.1, -0.05) is 72.8 Å². The Kier molecular flexibility index (Phi) is 8.67. The Hall–Kier alpha value is -4.22. The molecule has 0 aliphatic carbocycles. The quantitative estimate of drug-likeness (QED) is 0.211. The molecule has 0 bridgehead atoms. The lowest BCUT2D eigenvalue weighted by Gasteiger charge is -2.37. The van der Waals surface area contributed by atoms with Crippen LogP contribution in [0.25, 0.3) is 0 Å². The van der Waals surface area contributed by atoms with E-state index in [1.54, 1.807) is 18.3 Å². The molecule has 1 amide bonds. The number of amidine groups is 1. The Morgan fingerprint density at radius 3 is 2.32 bits per heavy atom. The lowest BCUT2D eigenvalue weighted by atomic mass is 9.80. The van der Waals surface area contributed by atoms with Crippen LogP contribution < -0.4 is 10.1 Å². The van der Waals surface area contributed by atoms with E-state index in [1.807, 2.05) is 96.5 Å². The van der Waals surface area contributed by atoms with Gasteiger partial charge in [-0.2, -0.15) is 4.99 Å². The van der Waals surface area contributed by atoms with Crippen molar-refractivity contribution in [3.05, 3.63) is 114 Å². The van der Waals surface area contributed by atoms with Crippen molar-refractivity contribution in [3.63, 3.8) is 0 Å². The fourth-order valence-corrected chi connectivity index (χ4v) is 5.88. The molecule has 2 N–H and O–H groups in total. The third-order valence-electron chi connectivity index (χ3n) is 8.03. The van der Waals surface area contributed by atoms with E-state index in [0.29, 0.717) is 30.4 Å². The summed E-state index contributed by atoms with van der Waals surface area (Å²) < 4.78 is 20.6. The molecule has 2 aliphatic rings. The number of benzene rings is 3. The summed E-state index contributed by atoms with van der Waals surface area (Å²) in [7, 11) is 3.45. The summed E-state index contributed by atoms with van der Waals surface area (Å²) in [6.07, 6.45) is 0.0248. The van der Waals surface area contributed by atoms with Gasteiger partial charge in [0.1, 0.15) is 41.1 Å². The molecule has 11 heteroatoms. The van der Waals surface area contributed by atoms with Gasteiger partial charge >= 0.3 is 0 Å². The number of halogens is 1. The fraction of sp³-hybridized carbons (Fsp3) is 0.303. The summed E-state index contributed by atoms with van der Waals surface area (Å²) >= 11 is 5.70. The molecule has 0 unspecified atom stereocenters. The van der Waals surface area contributed by atoms with Gasteiger partial charge in [-0.3, -0.25) is 9.36 Å². The number of carbonyl (C=O) groups is 1. The summed E-state index contributed by atoms with van der Waals surface area (Å²) in [5, 5.41) is 14.5. The number of rotatable bonds is 9. The molecule has 0 saturated carbocycles. The molecule has 1 aromatic heterocycles.